The second-order valence-electron chi connectivity index (χ2n) is 23.7. The van der Waals surface area contributed by atoms with E-state index in [2.05, 4.69) is 31.5 Å². The second-order valence-corrected chi connectivity index (χ2v) is 23.7. The number of carbonyl (C=O) groups is 8. The third-order valence-corrected chi connectivity index (χ3v) is 10.8. The number of benzene rings is 4. The molecule has 0 aliphatic rings. The largest absolute Gasteiger partial charge is 0.497 e. The Hall–Kier alpha value is -11.1. The maximum absolute atomic E-state index is 13.2. The molecule has 0 saturated heterocycles. The van der Waals surface area contributed by atoms with Crippen LogP contribution in [0, 0.1) is 12.7 Å². The van der Waals surface area contributed by atoms with E-state index in [0.29, 0.717) is 46.0 Å². The van der Waals surface area contributed by atoms with E-state index in [1.54, 1.807) is 139 Å². The first-order valence-electron chi connectivity index (χ1n) is 28.4. The molecule has 4 amide bonds. The zero-order chi connectivity index (χ0) is 72.3. The summed E-state index contributed by atoms with van der Waals surface area (Å²) in [6.45, 7) is 20.3. The lowest BCUT2D eigenvalue weighted by atomic mass is 10.2. The molecule has 1 aromatic heterocycles. The number of para-hydroxylation sites is 1. The Morgan fingerprint density at radius 2 is 0.811 bits per heavy atom. The van der Waals surface area contributed by atoms with E-state index in [9.17, 15) is 47.9 Å². The number of anilines is 4. The number of rotatable bonds is 23. The second kappa shape index (κ2) is 36.2. The smallest absolute Gasteiger partial charge is 0.408 e. The number of nitrogens with one attached hydrogen (secondary N) is 4. The van der Waals surface area contributed by atoms with Crippen molar-refractivity contribution in [3.63, 3.8) is 0 Å². The van der Waals surface area contributed by atoms with Crippen molar-refractivity contribution in [2.24, 2.45) is 0 Å². The summed E-state index contributed by atoms with van der Waals surface area (Å²) in [6, 6.07) is 12.9. The Balaban J connectivity index is 0.000000433. The number of methoxy groups -OCH3 is 2. The normalized spacial score (nSPS) is 12.3. The Bertz CT molecular complexity index is 3400. The zero-order valence-corrected chi connectivity index (χ0v) is 55.2. The Kier molecular flexibility index (Phi) is 30.5. The fourth-order valence-electron chi connectivity index (χ4n) is 6.61. The molecule has 5 rings (SSSR count). The van der Waals surface area contributed by atoms with Gasteiger partial charge in [0.05, 0.1) is 31.3 Å². The van der Waals surface area contributed by atoms with E-state index in [1.807, 2.05) is 0 Å². The van der Waals surface area contributed by atoms with Crippen LogP contribution in [0.5, 0.6) is 34.5 Å². The lowest BCUT2D eigenvalue weighted by Gasteiger charge is -2.22. The van der Waals surface area contributed by atoms with Crippen molar-refractivity contribution in [3.05, 3.63) is 84.5 Å². The van der Waals surface area contributed by atoms with Crippen molar-refractivity contribution in [2.75, 3.05) is 63.6 Å². The van der Waals surface area contributed by atoms with Crippen LogP contribution in [-0.2, 0) is 38.1 Å². The lowest BCUT2D eigenvalue weighted by Crippen LogP contribution is -2.46. The molecule has 4 atom stereocenters. The van der Waals surface area contributed by atoms with Crippen LogP contribution in [0.1, 0.15) is 89.0 Å². The van der Waals surface area contributed by atoms with Gasteiger partial charge in [0.1, 0.15) is 94.8 Å². The third-order valence-electron chi connectivity index (χ3n) is 10.8. The highest BCUT2D eigenvalue weighted by Crippen LogP contribution is 2.30. The van der Waals surface area contributed by atoms with E-state index >= 15 is 0 Å². The molecule has 0 spiro atoms. The molecule has 0 bridgehead atoms. The number of carbonyl (C=O) groups excluding carboxylic acids is 4. The van der Waals surface area contributed by atoms with Crippen LogP contribution >= 0.6 is 0 Å². The number of nitrogens with two attached hydrogens (primary N) is 4. The van der Waals surface area contributed by atoms with Crippen LogP contribution in [0.3, 0.4) is 0 Å². The van der Waals surface area contributed by atoms with Gasteiger partial charge in [-0.2, -0.15) is 0 Å². The SMILES string of the molecule is CC(C)(C)OC(=O)N[C@@H](COc1cccc(F)c1N)C(=O)O.COc1ccc(N)c(OC[C@H](NC(=O)OC(C)(C)C)C(=O)O)c1.COc1ccc(OC[C@H](NC(=O)OC(C)(C)C)C(=O)O)c(N)c1.Cc1nnc(-c2ccc(OC[C@H](NC(=O)OC(C)(C)C)C(=O)O)c(N)c2)o1. The molecule has 0 aliphatic carbocycles. The number of carboxylic acid groups (broad SMARTS) is 4. The quantitative estimate of drug-likeness (QED) is 0.0231. The van der Waals surface area contributed by atoms with E-state index in [-0.39, 0.29) is 48.4 Å². The monoisotopic (exact) mass is 1340 g/mol. The Morgan fingerprint density at radius 3 is 1.15 bits per heavy atom. The number of aliphatic carboxylic acids is 4. The minimum absolute atomic E-state index is 0.00256. The molecule has 33 nitrogen and oxygen atoms in total. The Morgan fingerprint density at radius 1 is 0.463 bits per heavy atom. The van der Waals surface area contributed by atoms with Gasteiger partial charge in [-0.3, -0.25) is 0 Å². The molecular formula is C61H85FN10O23. The van der Waals surface area contributed by atoms with Gasteiger partial charge in [0.15, 0.2) is 24.2 Å². The van der Waals surface area contributed by atoms with Crippen molar-refractivity contribution in [1.82, 2.24) is 31.5 Å². The highest BCUT2D eigenvalue weighted by atomic mass is 19.1. The summed E-state index contributed by atoms with van der Waals surface area (Å²) in [5, 5.41) is 53.1. The summed E-state index contributed by atoms with van der Waals surface area (Å²) >= 11 is 0. The summed E-state index contributed by atoms with van der Waals surface area (Å²) in [7, 11) is 2.99. The van der Waals surface area contributed by atoms with Gasteiger partial charge in [0.25, 0.3) is 0 Å². The topological polar surface area (TPSA) is 501 Å². The fraction of sp³-hybridized carbons (Fsp3) is 0.443. The number of carboxylic acids is 4. The minimum Gasteiger partial charge on any atom is -0.497 e. The Labute approximate surface area is 546 Å². The summed E-state index contributed by atoms with van der Waals surface area (Å²) in [5.74, 6) is -3.16. The number of aryl methyl sites for hydroxylation is 1. The van der Waals surface area contributed by atoms with Crippen LogP contribution in [0.2, 0.25) is 0 Å². The molecular weight excluding hydrogens is 1260 g/mol. The predicted molar refractivity (Wildman–Crippen MR) is 340 cm³/mol. The van der Waals surface area contributed by atoms with Crippen LogP contribution in [0.4, 0.5) is 46.3 Å². The molecule has 0 saturated carbocycles. The average Bonchev–Trinajstić information content (AvgIpc) is 1.84. The lowest BCUT2D eigenvalue weighted by molar-refractivity contribution is -0.141. The number of alkyl carbamates (subject to hydrolysis) is 4. The summed E-state index contributed by atoms with van der Waals surface area (Å²) < 4.78 is 70.0. The predicted octanol–water partition coefficient (Wildman–Crippen LogP) is 7.02. The number of aromatic nitrogens is 2. The van der Waals surface area contributed by atoms with E-state index in [4.69, 9.17) is 90.0 Å². The summed E-state index contributed by atoms with van der Waals surface area (Å²) in [5.41, 5.74) is 21.2. The average molecular weight is 1350 g/mol. The van der Waals surface area contributed by atoms with Crippen molar-refractivity contribution < 1.29 is 115 Å². The van der Waals surface area contributed by atoms with Gasteiger partial charge in [0.2, 0.25) is 11.8 Å². The first-order chi connectivity index (χ1) is 43.9. The molecule has 1 heterocycles. The molecule has 0 fully saturated rings. The van der Waals surface area contributed by atoms with Gasteiger partial charge in [0, 0.05) is 24.6 Å². The third kappa shape index (κ3) is 31.7. The van der Waals surface area contributed by atoms with Gasteiger partial charge in [-0.1, -0.05) is 6.07 Å². The maximum Gasteiger partial charge on any atom is 0.408 e. The van der Waals surface area contributed by atoms with E-state index < -0.39 is 107 Å². The van der Waals surface area contributed by atoms with Gasteiger partial charge in [-0.05, 0) is 138 Å². The van der Waals surface area contributed by atoms with Gasteiger partial charge in [-0.15, -0.1) is 10.2 Å². The van der Waals surface area contributed by atoms with Gasteiger partial charge < -0.3 is 116 Å². The summed E-state index contributed by atoms with van der Waals surface area (Å²) in [4.78, 5) is 91.5. The van der Waals surface area contributed by atoms with E-state index in [0.717, 1.165) is 6.07 Å². The standard InChI is InChI=1S/C17H22N4O6.2C15H22N2O6.C14H19FN2O5/c1-9-20-21-14(26-9)10-5-6-13(11(18)7-10)25-8-12(15(22)23)19-16(24)27-17(2,3)4;1-15(2,3)23-14(20)17-11(13(18)19)8-22-12-6-5-9(21-4)7-10(12)16;1-15(2,3)23-14(20)17-11(13(18)19)8-22-12-7-9(21-4)5-6-10(12)16;1-14(2,3)22-13(20)17-9(12(18)19)7-21-10-6-4-5-8(15)11(10)16/h5-7,12H,8,18H2,1-4H3,(H,19,24)(H,22,23);2*5-7,11H,8,16H2,1-4H3,(H,17,20)(H,18,19);4-6,9H,7,16H2,1-3H3,(H,17,20)(H,18,19)/t12-;2*11-;9-/m0000/s1. The highest BCUT2D eigenvalue weighted by Gasteiger charge is 2.29. The van der Waals surface area contributed by atoms with Crippen molar-refractivity contribution in [2.45, 2.75) is 137 Å². The highest BCUT2D eigenvalue weighted by molar-refractivity contribution is 5.82. The van der Waals surface area contributed by atoms with Crippen LogP contribution in [0.15, 0.2) is 77.2 Å². The van der Waals surface area contributed by atoms with Crippen molar-refractivity contribution >= 4 is 71.0 Å². The van der Waals surface area contributed by atoms with E-state index in [1.165, 1.54) is 32.4 Å². The molecule has 0 unspecified atom stereocenters. The summed E-state index contributed by atoms with van der Waals surface area (Å²) in [6.07, 6.45) is -3.42. The first-order valence-corrected chi connectivity index (χ1v) is 28.4. The van der Waals surface area contributed by atoms with Crippen molar-refractivity contribution in [1.29, 1.82) is 0 Å². The number of nitrogen functional groups attached to an aromatic ring is 4. The number of hydrogen-bond acceptors (Lipinski definition) is 25. The number of nitrogens with zero attached hydrogens (tertiary/aromatic N) is 2. The first kappa shape index (κ1) is 80.0. The molecule has 16 N–H and O–H groups in total. The number of halogens is 1. The molecule has 95 heavy (non-hydrogen) atoms. The molecule has 0 radical (unpaired) electrons. The van der Waals surface area contributed by atoms with Gasteiger partial charge in [-0.25, -0.2) is 42.7 Å². The molecule has 34 heteroatoms. The van der Waals surface area contributed by atoms with Crippen LogP contribution in [-0.4, -0.2) is 166 Å². The molecule has 0 aliphatic heterocycles. The van der Waals surface area contributed by atoms with Crippen molar-refractivity contribution in [3.8, 4) is 46.0 Å². The zero-order valence-electron chi connectivity index (χ0n) is 55.2. The molecule has 524 valence electrons. The number of hydrogen-bond donors (Lipinski definition) is 12. The maximum atomic E-state index is 13.2. The molecule has 5 aromatic rings. The fourth-order valence-corrected chi connectivity index (χ4v) is 6.61. The number of amides is 4. The minimum atomic E-state index is -1.36. The van der Waals surface area contributed by atoms with Crippen LogP contribution in [0.25, 0.3) is 11.5 Å². The molecule has 4 aromatic carbocycles. The number of ether oxygens (including phenoxy) is 10. The van der Waals surface area contributed by atoms with Crippen LogP contribution < -0.4 is 72.6 Å². The van der Waals surface area contributed by atoms with Gasteiger partial charge >= 0.3 is 48.3 Å².